The average molecular weight is 356 g/mol. The van der Waals surface area contributed by atoms with Crippen LogP contribution >= 0.6 is 22.9 Å². The molecule has 8 heteroatoms. The molecule has 0 fully saturated rings. The standard InChI is InChI=1S/C14H21ClF3N3S/c1-3-19-13(20-9-5-4-8-14(16,17)18)21(2)10-11-6-7-12(15)22-11/h6-7H,3-5,8-10H2,1-2H3,(H,19,20). The van der Waals surface area contributed by atoms with E-state index >= 15 is 0 Å². The minimum absolute atomic E-state index is 0.108. The van der Waals surface area contributed by atoms with Crippen molar-refractivity contribution in [3.8, 4) is 0 Å². The van der Waals surface area contributed by atoms with Gasteiger partial charge in [0.05, 0.1) is 10.9 Å². The van der Waals surface area contributed by atoms with Gasteiger partial charge in [-0.15, -0.1) is 11.3 Å². The Labute approximate surface area is 138 Å². The number of nitrogens with one attached hydrogen (secondary N) is 1. The first-order valence-corrected chi connectivity index (χ1v) is 8.31. The third-order valence-corrected chi connectivity index (χ3v) is 4.06. The van der Waals surface area contributed by atoms with Crippen molar-refractivity contribution in [3.05, 3.63) is 21.3 Å². The topological polar surface area (TPSA) is 27.6 Å². The molecule has 1 aromatic heterocycles. The maximum absolute atomic E-state index is 12.1. The quantitative estimate of drug-likeness (QED) is 0.442. The van der Waals surface area contributed by atoms with E-state index in [1.165, 1.54) is 11.3 Å². The summed E-state index contributed by atoms with van der Waals surface area (Å²) in [6.07, 6.45) is -4.30. The Kier molecular flexibility index (Phi) is 8.03. The van der Waals surface area contributed by atoms with E-state index < -0.39 is 12.6 Å². The van der Waals surface area contributed by atoms with Gasteiger partial charge in [0.25, 0.3) is 0 Å². The molecule has 1 rings (SSSR count). The summed E-state index contributed by atoms with van der Waals surface area (Å²) in [7, 11) is 1.89. The zero-order valence-corrected chi connectivity index (χ0v) is 14.3. The number of halogens is 4. The first-order chi connectivity index (χ1) is 10.3. The number of hydrogen-bond donors (Lipinski definition) is 1. The zero-order chi connectivity index (χ0) is 16.6. The SMILES string of the molecule is CCNC(=NCCCCC(F)(F)F)N(C)Cc1ccc(Cl)s1. The first-order valence-electron chi connectivity index (χ1n) is 7.12. The fraction of sp³-hybridized carbons (Fsp3) is 0.643. The molecule has 0 spiro atoms. The smallest absolute Gasteiger partial charge is 0.357 e. The van der Waals surface area contributed by atoms with Crippen molar-refractivity contribution in [1.82, 2.24) is 10.2 Å². The van der Waals surface area contributed by atoms with Crippen LogP contribution < -0.4 is 5.32 Å². The van der Waals surface area contributed by atoms with Gasteiger partial charge in [-0.3, -0.25) is 4.99 Å². The maximum atomic E-state index is 12.1. The molecule has 1 aromatic rings. The minimum atomic E-state index is -4.08. The molecule has 1 N–H and O–H groups in total. The van der Waals surface area contributed by atoms with Crippen molar-refractivity contribution in [2.75, 3.05) is 20.1 Å². The van der Waals surface area contributed by atoms with Crippen LogP contribution in [0.4, 0.5) is 13.2 Å². The number of alkyl halides is 3. The Hall–Kier alpha value is -0.950. The minimum Gasteiger partial charge on any atom is -0.357 e. The van der Waals surface area contributed by atoms with Crippen LogP contribution in [0.2, 0.25) is 4.34 Å². The van der Waals surface area contributed by atoms with Gasteiger partial charge < -0.3 is 10.2 Å². The van der Waals surface area contributed by atoms with E-state index in [0.717, 1.165) is 9.21 Å². The average Bonchev–Trinajstić information content (AvgIpc) is 2.81. The van der Waals surface area contributed by atoms with Gasteiger partial charge in [-0.1, -0.05) is 11.6 Å². The normalized spacial score (nSPS) is 12.5. The fourth-order valence-electron chi connectivity index (χ4n) is 1.84. The fourth-order valence-corrected chi connectivity index (χ4v) is 2.98. The molecular weight excluding hydrogens is 335 g/mol. The molecule has 0 radical (unpaired) electrons. The Morgan fingerprint density at radius 3 is 2.64 bits per heavy atom. The summed E-state index contributed by atoms with van der Waals surface area (Å²) in [6, 6.07) is 3.80. The third kappa shape index (κ3) is 7.89. The highest BCUT2D eigenvalue weighted by Gasteiger charge is 2.25. The van der Waals surface area contributed by atoms with Gasteiger partial charge in [0.15, 0.2) is 5.96 Å². The van der Waals surface area contributed by atoms with Crippen LogP contribution in [0.5, 0.6) is 0 Å². The number of rotatable bonds is 7. The van der Waals surface area contributed by atoms with Crippen molar-refractivity contribution < 1.29 is 13.2 Å². The summed E-state index contributed by atoms with van der Waals surface area (Å²) >= 11 is 7.40. The summed E-state index contributed by atoms with van der Waals surface area (Å²) in [5.41, 5.74) is 0. The second-order valence-corrected chi connectivity index (χ2v) is 6.67. The predicted molar refractivity (Wildman–Crippen MR) is 86.7 cm³/mol. The Morgan fingerprint density at radius 2 is 2.09 bits per heavy atom. The molecule has 0 atom stereocenters. The second kappa shape index (κ2) is 9.25. The summed E-state index contributed by atoms with van der Waals surface area (Å²) in [5.74, 6) is 0.694. The molecule has 22 heavy (non-hydrogen) atoms. The largest absolute Gasteiger partial charge is 0.389 e. The van der Waals surface area contributed by atoms with Crippen LogP contribution in [0.25, 0.3) is 0 Å². The number of aliphatic imine (C=N–C) groups is 1. The molecule has 0 saturated heterocycles. The van der Waals surface area contributed by atoms with Crippen molar-refractivity contribution in [2.45, 2.75) is 38.9 Å². The lowest BCUT2D eigenvalue weighted by Crippen LogP contribution is -2.38. The third-order valence-electron chi connectivity index (χ3n) is 2.85. The van der Waals surface area contributed by atoms with E-state index in [-0.39, 0.29) is 6.42 Å². The van der Waals surface area contributed by atoms with E-state index in [2.05, 4.69) is 10.3 Å². The van der Waals surface area contributed by atoms with Crippen LogP contribution in [0.15, 0.2) is 17.1 Å². The molecule has 0 aliphatic heterocycles. The maximum Gasteiger partial charge on any atom is 0.389 e. The first kappa shape index (κ1) is 19.1. The Balaban J connectivity index is 2.46. The second-order valence-electron chi connectivity index (χ2n) is 4.87. The van der Waals surface area contributed by atoms with Crippen LogP contribution in [-0.4, -0.2) is 37.2 Å². The van der Waals surface area contributed by atoms with Crippen LogP contribution in [0, 0.1) is 0 Å². The lowest BCUT2D eigenvalue weighted by Gasteiger charge is -2.21. The summed E-state index contributed by atoms with van der Waals surface area (Å²) < 4.78 is 36.9. The van der Waals surface area contributed by atoms with Crippen LogP contribution in [0.3, 0.4) is 0 Å². The van der Waals surface area contributed by atoms with Gasteiger partial charge in [0.2, 0.25) is 0 Å². The summed E-state index contributed by atoms with van der Waals surface area (Å²) in [5, 5.41) is 3.14. The summed E-state index contributed by atoms with van der Waals surface area (Å²) in [4.78, 5) is 7.42. The zero-order valence-electron chi connectivity index (χ0n) is 12.7. The molecule has 0 aliphatic rings. The Morgan fingerprint density at radius 1 is 1.36 bits per heavy atom. The molecule has 0 bridgehead atoms. The number of thiophene rings is 1. The van der Waals surface area contributed by atoms with Crippen LogP contribution in [0.1, 0.15) is 31.1 Å². The Bertz CT molecular complexity index is 474. The van der Waals surface area contributed by atoms with Crippen molar-refractivity contribution >= 4 is 28.9 Å². The number of nitrogens with zero attached hydrogens (tertiary/aromatic N) is 2. The highest BCUT2D eigenvalue weighted by molar-refractivity contribution is 7.16. The predicted octanol–water partition coefficient (Wildman–Crippen LogP) is 4.53. The van der Waals surface area contributed by atoms with Crippen LogP contribution in [-0.2, 0) is 6.54 Å². The van der Waals surface area contributed by atoms with Gasteiger partial charge in [-0.25, -0.2) is 0 Å². The number of unbranched alkanes of at least 4 members (excludes halogenated alkanes) is 1. The van der Waals surface area contributed by atoms with Crippen molar-refractivity contribution in [2.24, 2.45) is 4.99 Å². The van der Waals surface area contributed by atoms with Crippen molar-refractivity contribution in [1.29, 1.82) is 0 Å². The monoisotopic (exact) mass is 355 g/mol. The van der Waals surface area contributed by atoms with E-state index in [9.17, 15) is 13.2 Å². The highest BCUT2D eigenvalue weighted by Crippen LogP contribution is 2.23. The van der Waals surface area contributed by atoms with E-state index in [1.54, 1.807) is 0 Å². The molecule has 0 saturated carbocycles. The lowest BCUT2D eigenvalue weighted by atomic mass is 10.2. The number of guanidine groups is 1. The lowest BCUT2D eigenvalue weighted by molar-refractivity contribution is -0.135. The molecule has 3 nitrogen and oxygen atoms in total. The molecule has 0 aromatic carbocycles. The van der Waals surface area contributed by atoms with Gasteiger partial charge in [-0.05, 0) is 31.9 Å². The van der Waals surface area contributed by atoms with E-state index in [1.807, 2.05) is 31.0 Å². The van der Waals surface area contributed by atoms with Gasteiger partial charge >= 0.3 is 6.18 Å². The van der Waals surface area contributed by atoms with E-state index in [4.69, 9.17) is 11.6 Å². The van der Waals surface area contributed by atoms with Gasteiger partial charge in [0.1, 0.15) is 0 Å². The highest BCUT2D eigenvalue weighted by atomic mass is 35.5. The van der Waals surface area contributed by atoms with Crippen molar-refractivity contribution in [3.63, 3.8) is 0 Å². The van der Waals surface area contributed by atoms with Gasteiger partial charge in [0, 0.05) is 31.4 Å². The number of hydrogen-bond acceptors (Lipinski definition) is 2. The molecule has 0 amide bonds. The molecule has 126 valence electrons. The molecular formula is C14H21ClF3N3S. The molecule has 0 unspecified atom stereocenters. The summed E-state index contributed by atoms with van der Waals surface area (Å²) in [6.45, 7) is 3.70. The van der Waals surface area contributed by atoms with E-state index in [0.29, 0.717) is 32.0 Å². The molecule has 1 heterocycles. The molecule has 0 aliphatic carbocycles. The van der Waals surface area contributed by atoms with Gasteiger partial charge in [-0.2, -0.15) is 13.2 Å².